The maximum Gasteiger partial charge on any atom is 0.315 e. The molecule has 74 valence electrons. The lowest BCUT2D eigenvalue weighted by Gasteiger charge is -2.08. The Balaban J connectivity index is 2.37. The number of carboxylic acids is 1. The van der Waals surface area contributed by atoms with Crippen molar-refractivity contribution >= 4 is 5.97 Å². The summed E-state index contributed by atoms with van der Waals surface area (Å²) >= 11 is 0. The Morgan fingerprint density at radius 1 is 1.57 bits per heavy atom. The summed E-state index contributed by atoms with van der Waals surface area (Å²) in [7, 11) is 1.49. The van der Waals surface area contributed by atoms with Gasteiger partial charge in [0.15, 0.2) is 0 Å². The summed E-state index contributed by atoms with van der Waals surface area (Å²) in [5, 5.41) is 9.02. The number of rotatable bonds is 3. The molecule has 0 saturated heterocycles. The third-order valence-corrected chi connectivity index (χ3v) is 2.50. The van der Waals surface area contributed by atoms with Gasteiger partial charge in [-0.05, 0) is 12.8 Å². The molecule has 0 unspecified atom stereocenters. The van der Waals surface area contributed by atoms with Gasteiger partial charge in [0.2, 0.25) is 5.88 Å². The van der Waals surface area contributed by atoms with E-state index in [2.05, 4.69) is 9.97 Å². The van der Waals surface area contributed by atoms with E-state index in [9.17, 15) is 4.79 Å². The highest BCUT2D eigenvalue weighted by atomic mass is 16.5. The maximum absolute atomic E-state index is 11.0. The molecule has 1 fully saturated rings. The SMILES string of the molecule is COc1cc(C2(C(=O)O)CC2)ncn1. The standard InChI is InChI=1S/C9H10N2O3/c1-14-7-4-6(10-5-11-7)9(2-3-9)8(12)13/h4-5H,2-3H2,1H3,(H,12,13). The quantitative estimate of drug-likeness (QED) is 0.762. The molecule has 5 nitrogen and oxygen atoms in total. The maximum atomic E-state index is 11.0. The van der Waals surface area contributed by atoms with Gasteiger partial charge < -0.3 is 9.84 Å². The van der Waals surface area contributed by atoms with E-state index in [1.165, 1.54) is 13.4 Å². The molecule has 1 aromatic heterocycles. The lowest BCUT2D eigenvalue weighted by atomic mass is 10.0. The van der Waals surface area contributed by atoms with Crippen LogP contribution in [0.15, 0.2) is 12.4 Å². The molecule has 0 bridgehead atoms. The van der Waals surface area contributed by atoms with E-state index < -0.39 is 11.4 Å². The first-order valence-corrected chi connectivity index (χ1v) is 4.29. The van der Waals surface area contributed by atoms with Gasteiger partial charge in [-0.2, -0.15) is 0 Å². The molecule has 1 aliphatic carbocycles. The molecule has 0 atom stereocenters. The van der Waals surface area contributed by atoms with Crippen molar-refractivity contribution in [1.29, 1.82) is 0 Å². The lowest BCUT2D eigenvalue weighted by molar-refractivity contribution is -0.140. The summed E-state index contributed by atoms with van der Waals surface area (Å²) in [4.78, 5) is 18.8. The van der Waals surface area contributed by atoms with Gasteiger partial charge in [-0.15, -0.1) is 0 Å². The van der Waals surface area contributed by atoms with Gasteiger partial charge in [0.25, 0.3) is 0 Å². The highest BCUT2D eigenvalue weighted by Gasteiger charge is 2.53. The Kier molecular flexibility index (Phi) is 1.87. The smallest absolute Gasteiger partial charge is 0.315 e. The molecule has 0 spiro atoms. The number of carbonyl (C=O) groups is 1. The van der Waals surface area contributed by atoms with Crippen molar-refractivity contribution < 1.29 is 14.6 Å². The summed E-state index contributed by atoms with van der Waals surface area (Å²) in [6.45, 7) is 0. The van der Waals surface area contributed by atoms with Gasteiger partial charge in [-0.25, -0.2) is 9.97 Å². The topological polar surface area (TPSA) is 72.3 Å². The second kappa shape index (κ2) is 2.94. The fourth-order valence-corrected chi connectivity index (χ4v) is 1.42. The first kappa shape index (κ1) is 8.93. The third-order valence-electron chi connectivity index (χ3n) is 2.50. The van der Waals surface area contributed by atoms with Crippen LogP contribution in [0.5, 0.6) is 5.88 Å². The number of aromatic nitrogens is 2. The Hall–Kier alpha value is -1.65. The second-order valence-corrected chi connectivity index (χ2v) is 3.33. The van der Waals surface area contributed by atoms with Crippen LogP contribution < -0.4 is 4.74 Å². The molecule has 2 rings (SSSR count). The molecule has 1 saturated carbocycles. The van der Waals surface area contributed by atoms with Crippen LogP contribution in [0.2, 0.25) is 0 Å². The van der Waals surface area contributed by atoms with Crippen molar-refractivity contribution in [3.63, 3.8) is 0 Å². The average Bonchev–Trinajstić information content (AvgIpc) is 2.98. The highest BCUT2D eigenvalue weighted by Crippen LogP contribution is 2.47. The predicted octanol–water partition coefficient (Wildman–Crippen LogP) is 0.601. The van der Waals surface area contributed by atoms with E-state index >= 15 is 0 Å². The largest absolute Gasteiger partial charge is 0.481 e. The second-order valence-electron chi connectivity index (χ2n) is 3.33. The van der Waals surface area contributed by atoms with Crippen molar-refractivity contribution in [3.05, 3.63) is 18.1 Å². The fourth-order valence-electron chi connectivity index (χ4n) is 1.42. The zero-order valence-electron chi connectivity index (χ0n) is 7.73. The monoisotopic (exact) mass is 194 g/mol. The Morgan fingerprint density at radius 2 is 2.29 bits per heavy atom. The predicted molar refractivity (Wildman–Crippen MR) is 47.1 cm³/mol. The van der Waals surface area contributed by atoms with E-state index in [0.29, 0.717) is 24.4 Å². The van der Waals surface area contributed by atoms with Gasteiger partial charge >= 0.3 is 5.97 Å². The Bertz CT molecular complexity index is 374. The molecule has 1 N–H and O–H groups in total. The van der Waals surface area contributed by atoms with Gasteiger partial charge in [-0.1, -0.05) is 0 Å². The zero-order valence-corrected chi connectivity index (χ0v) is 7.73. The van der Waals surface area contributed by atoms with Crippen LogP contribution in [0.1, 0.15) is 18.5 Å². The van der Waals surface area contributed by atoms with Gasteiger partial charge in [0.05, 0.1) is 12.8 Å². The number of methoxy groups -OCH3 is 1. The number of aliphatic carboxylic acids is 1. The Morgan fingerprint density at radius 3 is 2.79 bits per heavy atom. The third kappa shape index (κ3) is 1.21. The normalized spacial score (nSPS) is 17.5. The number of hydrogen-bond acceptors (Lipinski definition) is 4. The minimum atomic E-state index is -0.821. The molecule has 5 heteroatoms. The van der Waals surface area contributed by atoms with Gasteiger partial charge in [0.1, 0.15) is 11.7 Å². The summed E-state index contributed by atoms with van der Waals surface area (Å²) in [6.07, 6.45) is 2.61. The number of nitrogens with zero attached hydrogens (tertiary/aromatic N) is 2. The highest BCUT2D eigenvalue weighted by molar-refractivity contribution is 5.84. The first-order valence-electron chi connectivity index (χ1n) is 4.29. The van der Waals surface area contributed by atoms with Crippen LogP contribution in [0.4, 0.5) is 0 Å². The molecule has 0 amide bonds. The minimum Gasteiger partial charge on any atom is -0.481 e. The summed E-state index contributed by atoms with van der Waals surface area (Å²) in [5.41, 5.74) is -0.243. The zero-order chi connectivity index (χ0) is 10.2. The lowest BCUT2D eigenvalue weighted by Crippen LogP contribution is -2.21. The van der Waals surface area contributed by atoms with E-state index in [0.717, 1.165) is 0 Å². The van der Waals surface area contributed by atoms with Crippen LogP contribution in [0.25, 0.3) is 0 Å². The van der Waals surface area contributed by atoms with E-state index in [4.69, 9.17) is 9.84 Å². The van der Waals surface area contributed by atoms with E-state index in [1.807, 2.05) is 0 Å². The van der Waals surface area contributed by atoms with Crippen molar-refractivity contribution in [3.8, 4) is 5.88 Å². The van der Waals surface area contributed by atoms with Crippen LogP contribution in [0, 0.1) is 0 Å². The molecule has 0 radical (unpaired) electrons. The number of ether oxygens (including phenoxy) is 1. The molecular formula is C9H10N2O3. The number of carboxylic acid groups (broad SMARTS) is 1. The summed E-state index contributed by atoms with van der Waals surface area (Å²) in [5.74, 6) is -0.416. The molecule has 1 aromatic rings. The fraction of sp³-hybridized carbons (Fsp3) is 0.444. The summed E-state index contributed by atoms with van der Waals surface area (Å²) < 4.78 is 4.91. The molecule has 0 aromatic carbocycles. The molecule has 0 aliphatic heterocycles. The number of hydrogen-bond donors (Lipinski definition) is 1. The Labute approximate surface area is 80.8 Å². The average molecular weight is 194 g/mol. The first-order chi connectivity index (χ1) is 6.69. The van der Waals surface area contributed by atoms with Gasteiger partial charge in [-0.3, -0.25) is 4.79 Å². The summed E-state index contributed by atoms with van der Waals surface area (Å²) in [6, 6.07) is 1.58. The van der Waals surface area contributed by atoms with Crippen molar-refractivity contribution in [2.45, 2.75) is 18.3 Å². The van der Waals surface area contributed by atoms with Crippen LogP contribution >= 0.6 is 0 Å². The minimum absolute atomic E-state index is 0.405. The van der Waals surface area contributed by atoms with Crippen molar-refractivity contribution in [2.75, 3.05) is 7.11 Å². The van der Waals surface area contributed by atoms with Crippen LogP contribution in [-0.4, -0.2) is 28.2 Å². The van der Waals surface area contributed by atoms with Gasteiger partial charge in [0, 0.05) is 6.07 Å². The van der Waals surface area contributed by atoms with Crippen molar-refractivity contribution in [1.82, 2.24) is 9.97 Å². The van der Waals surface area contributed by atoms with E-state index in [-0.39, 0.29) is 0 Å². The molecule has 1 heterocycles. The molecule has 1 aliphatic rings. The van der Waals surface area contributed by atoms with Crippen LogP contribution in [0.3, 0.4) is 0 Å². The van der Waals surface area contributed by atoms with E-state index in [1.54, 1.807) is 6.07 Å². The van der Waals surface area contributed by atoms with Crippen LogP contribution in [-0.2, 0) is 10.2 Å². The van der Waals surface area contributed by atoms with Crippen molar-refractivity contribution in [2.24, 2.45) is 0 Å². The molecule has 14 heavy (non-hydrogen) atoms. The molecular weight excluding hydrogens is 184 g/mol.